The molecule has 1 saturated heterocycles. The van der Waals surface area contributed by atoms with Crippen molar-refractivity contribution < 1.29 is 31.9 Å². The number of amides is 2. The summed E-state index contributed by atoms with van der Waals surface area (Å²) in [5.41, 5.74) is 7.79. The van der Waals surface area contributed by atoms with Crippen LogP contribution in [0.25, 0.3) is 10.8 Å². The zero-order valence-corrected chi connectivity index (χ0v) is 26.7. The van der Waals surface area contributed by atoms with Crippen LogP contribution in [0.2, 0.25) is 0 Å². The van der Waals surface area contributed by atoms with Crippen LogP contribution in [0.1, 0.15) is 49.9 Å². The molecular weight excluding hydrogens is 613 g/mol. The Morgan fingerprint density at radius 2 is 1.80 bits per heavy atom. The second-order valence-corrected chi connectivity index (χ2v) is 13.7. The molecule has 2 heterocycles. The SMILES string of the molecule is COC(=O)Nc1ccc(S(=O)(=O)C(C)C)c(C2CCCN2C(=O)C(Nc2ccc3c(N)nccc3c2)c2ccc(F)c(OC)c2)c1. The van der Waals surface area contributed by atoms with Crippen LogP contribution in [-0.2, 0) is 19.4 Å². The number of nitrogens with one attached hydrogen (secondary N) is 2. The normalized spacial score (nSPS) is 15.5. The number of carbonyl (C=O) groups is 2. The molecule has 0 radical (unpaired) electrons. The monoisotopic (exact) mass is 649 g/mol. The number of pyridine rings is 1. The van der Waals surface area contributed by atoms with E-state index in [1.807, 2.05) is 6.07 Å². The minimum absolute atomic E-state index is 0.0284. The summed E-state index contributed by atoms with van der Waals surface area (Å²) in [5.74, 6) is -0.594. The van der Waals surface area contributed by atoms with Gasteiger partial charge < -0.3 is 25.4 Å². The van der Waals surface area contributed by atoms with Crippen LogP contribution in [0, 0.1) is 5.82 Å². The van der Waals surface area contributed by atoms with Crippen LogP contribution in [0.15, 0.2) is 71.8 Å². The summed E-state index contributed by atoms with van der Waals surface area (Å²) in [4.78, 5) is 32.4. The van der Waals surface area contributed by atoms with E-state index in [1.165, 1.54) is 44.6 Å². The molecule has 4 N–H and O–H groups in total. The van der Waals surface area contributed by atoms with E-state index in [1.54, 1.807) is 49.2 Å². The molecule has 46 heavy (non-hydrogen) atoms. The molecule has 3 aromatic carbocycles. The van der Waals surface area contributed by atoms with Crippen molar-refractivity contribution in [2.45, 2.75) is 48.9 Å². The van der Waals surface area contributed by atoms with Gasteiger partial charge in [-0.1, -0.05) is 6.07 Å². The third-order valence-corrected chi connectivity index (χ3v) is 10.4. The zero-order valence-electron chi connectivity index (χ0n) is 25.9. The first-order chi connectivity index (χ1) is 21.9. The van der Waals surface area contributed by atoms with Gasteiger partial charge >= 0.3 is 6.09 Å². The first-order valence-corrected chi connectivity index (χ1v) is 16.3. The number of carbonyl (C=O) groups excluding carboxylic acids is 2. The lowest BCUT2D eigenvalue weighted by molar-refractivity contribution is -0.133. The summed E-state index contributed by atoms with van der Waals surface area (Å²) in [7, 11) is -1.20. The second kappa shape index (κ2) is 13.2. The highest BCUT2D eigenvalue weighted by atomic mass is 32.2. The van der Waals surface area contributed by atoms with E-state index in [4.69, 9.17) is 15.2 Å². The average molecular weight is 650 g/mol. The molecule has 0 saturated carbocycles. The Balaban J connectivity index is 1.59. The number of nitrogens with two attached hydrogens (primary N) is 1. The maximum absolute atomic E-state index is 14.6. The summed E-state index contributed by atoms with van der Waals surface area (Å²) in [5, 5.41) is 6.73. The van der Waals surface area contributed by atoms with Crippen molar-refractivity contribution >= 4 is 49.8 Å². The maximum Gasteiger partial charge on any atom is 0.411 e. The molecule has 13 heteroatoms. The van der Waals surface area contributed by atoms with E-state index in [2.05, 4.69) is 15.6 Å². The summed E-state index contributed by atoms with van der Waals surface area (Å²) >= 11 is 0. The highest BCUT2D eigenvalue weighted by Crippen LogP contribution is 2.40. The lowest BCUT2D eigenvalue weighted by Crippen LogP contribution is -2.38. The predicted molar refractivity (Wildman–Crippen MR) is 174 cm³/mol. The average Bonchev–Trinajstić information content (AvgIpc) is 3.53. The molecule has 2 amide bonds. The van der Waals surface area contributed by atoms with Gasteiger partial charge in [0.2, 0.25) is 5.91 Å². The van der Waals surface area contributed by atoms with E-state index in [0.29, 0.717) is 47.7 Å². The number of nitrogens with zero attached hydrogens (tertiary/aromatic N) is 2. The molecule has 0 bridgehead atoms. The van der Waals surface area contributed by atoms with Crippen LogP contribution in [-0.4, -0.2) is 56.3 Å². The third kappa shape index (κ3) is 6.41. The Labute approximate surface area is 266 Å². The molecule has 1 aliphatic heterocycles. The maximum atomic E-state index is 14.6. The number of methoxy groups -OCH3 is 2. The molecule has 11 nitrogen and oxygen atoms in total. The van der Waals surface area contributed by atoms with Gasteiger partial charge in [0.1, 0.15) is 11.9 Å². The minimum Gasteiger partial charge on any atom is -0.494 e. The number of likely N-dealkylation sites (tertiary alicyclic amines) is 1. The van der Waals surface area contributed by atoms with E-state index in [0.717, 1.165) is 10.8 Å². The molecule has 0 spiro atoms. The van der Waals surface area contributed by atoms with E-state index in [9.17, 15) is 22.4 Å². The lowest BCUT2D eigenvalue weighted by Gasteiger charge is -2.32. The highest BCUT2D eigenvalue weighted by molar-refractivity contribution is 7.92. The molecule has 5 rings (SSSR count). The van der Waals surface area contributed by atoms with Crippen molar-refractivity contribution in [1.29, 1.82) is 0 Å². The number of fused-ring (bicyclic) bond motifs is 1. The van der Waals surface area contributed by atoms with Crippen molar-refractivity contribution in [3.8, 4) is 5.75 Å². The molecule has 1 aromatic heterocycles. The fraction of sp³-hybridized carbons (Fsp3) is 0.303. The molecule has 1 aliphatic rings. The Morgan fingerprint density at radius 1 is 1.04 bits per heavy atom. The van der Waals surface area contributed by atoms with Gasteiger partial charge in [-0.2, -0.15) is 0 Å². The van der Waals surface area contributed by atoms with Crippen LogP contribution < -0.4 is 21.1 Å². The summed E-state index contributed by atoms with van der Waals surface area (Å²) in [6.45, 7) is 3.52. The fourth-order valence-corrected chi connectivity index (χ4v) is 6.98. The Morgan fingerprint density at radius 3 is 2.52 bits per heavy atom. The van der Waals surface area contributed by atoms with Gasteiger partial charge in [-0.05, 0) is 97.8 Å². The Kier molecular flexibility index (Phi) is 9.33. The van der Waals surface area contributed by atoms with Crippen molar-refractivity contribution in [1.82, 2.24) is 9.88 Å². The number of ether oxygens (including phenoxy) is 2. The van der Waals surface area contributed by atoms with E-state index < -0.39 is 39.1 Å². The number of halogens is 1. The van der Waals surface area contributed by atoms with Crippen molar-refractivity contribution in [2.75, 3.05) is 37.1 Å². The second-order valence-electron chi connectivity index (χ2n) is 11.3. The van der Waals surface area contributed by atoms with Crippen molar-refractivity contribution in [3.05, 3.63) is 83.8 Å². The van der Waals surface area contributed by atoms with Gasteiger partial charge in [0.05, 0.1) is 30.4 Å². The molecule has 242 valence electrons. The number of sulfone groups is 1. The minimum atomic E-state index is -3.78. The standard InChI is InChI=1S/C33H36FN5O6S/c1-19(2)46(42,43)29-12-9-23(38-33(41)45-4)18-25(29)27-6-5-15-39(27)32(40)30(21-7-11-26(34)28(17-21)44-3)37-22-8-10-24-20(16-22)13-14-36-31(24)35/h7-14,16-19,27,30,37H,5-6,15H2,1-4H3,(H2,35,36)(H,38,41). The summed E-state index contributed by atoms with van der Waals surface area (Å²) < 4.78 is 51.5. The van der Waals surface area contributed by atoms with E-state index >= 15 is 0 Å². The smallest absolute Gasteiger partial charge is 0.411 e. The quantitative estimate of drug-likeness (QED) is 0.203. The lowest BCUT2D eigenvalue weighted by atomic mass is 10.0. The number of anilines is 3. The van der Waals surface area contributed by atoms with Crippen molar-refractivity contribution in [2.24, 2.45) is 0 Å². The number of hydrogen-bond acceptors (Lipinski definition) is 9. The summed E-state index contributed by atoms with van der Waals surface area (Å²) in [6.07, 6.45) is 1.96. The molecule has 1 fully saturated rings. The van der Waals surface area contributed by atoms with Crippen LogP contribution in [0.3, 0.4) is 0 Å². The van der Waals surface area contributed by atoms with Crippen molar-refractivity contribution in [3.63, 3.8) is 0 Å². The van der Waals surface area contributed by atoms with E-state index in [-0.39, 0.29) is 16.6 Å². The molecule has 2 unspecified atom stereocenters. The summed E-state index contributed by atoms with van der Waals surface area (Å²) in [6, 6.07) is 14.3. The van der Waals surface area contributed by atoms with Gasteiger partial charge in [0.15, 0.2) is 21.4 Å². The fourth-order valence-electron chi connectivity index (χ4n) is 5.69. The molecule has 0 aliphatic carbocycles. The number of nitrogen functional groups attached to an aromatic ring is 1. The van der Waals surface area contributed by atoms with Gasteiger partial charge in [0.25, 0.3) is 0 Å². The predicted octanol–water partition coefficient (Wildman–Crippen LogP) is 5.84. The van der Waals surface area contributed by atoms with Crippen LogP contribution >= 0.6 is 0 Å². The highest BCUT2D eigenvalue weighted by Gasteiger charge is 2.38. The molecule has 4 aromatic rings. The number of aromatic nitrogens is 1. The molecule has 2 atom stereocenters. The first-order valence-electron chi connectivity index (χ1n) is 14.7. The number of benzene rings is 3. The van der Waals surface area contributed by atoms with Crippen LogP contribution in [0.4, 0.5) is 26.4 Å². The Bertz CT molecular complexity index is 1900. The van der Waals surface area contributed by atoms with Gasteiger partial charge in [0, 0.05) is 29.5 Å². The zero-order chi connectivity index (χ0) is 33.2. The first kappa shape index (κ1) is 32.5. The number of hydrogen-bond donors (Lipinski definition) is 3. The van der Waals surface area contributed by atoms with Gasteiger partial charge in [-0.25, -0.2) is 22.6 Å². The number of rotatable bonds is 9. The third-order valence-electron chi connectivity index (χ3n) is 8.13. The van der Waals surface area contributed by atoms with Gasteiger partial charge in [-0.15, -0.1) is 0 Å². The topological polar surface area (TPSA) is 153 Å². The molecular formula is C33H36FN5O6S. The van der Waals surface area contributed by atoms with Gasteiger partial charge in [-0.3, -0.25) is 10.1 Å². The Hall–Kier alpha value is -4.91. The van der Waals surface area contributed by atoms with Crippen LogP contribution in [0.5, 0.6) is 5.75 Å². The largest absolute Gasteiger partial charge is 0.494 e.